The highest BCUT2D eigenvalue weighted by molar-refractivity contribution is 8.18. The molecule has 2 N–H and O–H groups in total. The molecule has 8 nitrogen and oxygen atoms in total. The average Bonchev–Trinajstić information content (AvgIpc) is 3.35. The summed E-state index contributed by atoms with van der Waals surface area (Å²) in [5.41, 5.74) is 1.76. The lowest BCUT2D eigenvalue weighted by molar-refractivity contribution is -0.115. The molecule has 2 fully saturated rings. The number of rotatable bonds is 9. The molecule has 2 heterocycles. The summed E-state index contributed by atoms with van der Waals surface area (Å²) in [5, 5.41) is 5.79. The second-order valence-electron chi connectivity index (χ2n) is 10.1. The van der Waals surface area contributed by atoms with Crippen molar-refractivity contribution < 1.29 is 23.5 Å². The summed E-state index contributed by atoms with van der Waals surface area (Å²) in [6, 6.07) is 4.13. The zero-order valence-electron chi connectivity index (χ0n) is 21.2. The highest BCUT2D eigenvalue weighted by Gasteiger charge is 2.37. The Balaban J connectivity index is 1.71. The lowest BCUT2D eigenvalue weighted by Crippen LogP contribution is -2.43. The van der Waals surface area contributed by atoms with Crippen LogP contribution in [0.3, 0.4) is 0 Å². The van der Waals surface area contributed by atoms with Crippen molar-refractivity contribution in [3.8, 4) is 11.5 Å². The summed E-state index contributed by atoms with van der Waals surface area (Å²) in [7, 11) is 1.44. The predicted octanol–water partition coefficient (Wildman–Crippen LogP) is 4.22. The molecule has 2 aliphatic heterocycles. The smallest absolute Gasteiger partial charge is 0.290 e. The lowest BCUT2D eigenvalue weighted by atomic mass is 10.1. The van der Waals surface area contributed by atoms with E-state index in [0.29, 0.717) is 29.1 Å². The van der Waals surface area contributed by atoms with Crippen LogP contribution in [0.4, 0.5) is 10.5 Å². The molecule has 0 aromatic heterocycles. The number of ether oxygens (including phenoxy) is 2. The van der Waals surface area contributed by atoms with Crippen LogP contribution in [0.15, 0.2) is 17.0 Å². The molecule has 0 radical (unpaired) electrons. The van der Waals surface area contributed by atoms with Gasteiger partial charge in [0.2, 0.25) is 0 Å². The second-order valence-corrected chi connectivity index (χ2v) is 15.9. The van der Waals surface area contributed by atoms with Gasteiger partial charge in [-0.3, -0.25) is 14.9 Å². The van der Waals surface area contributed by atoms with Gasteiger partial charge in [-0.15, -0.1) is 0 Å². The van der Waals surface area contributed by atoms with E-state index in [4.69, 9.17) is 13.9 Å². The number of methoxy groups -OCH3 is 2. The number of thioether (sulfide) groups is 1. The number of nitrogens with one attached hydrogen (secondary N) is 2. The molecular weight excluding hydrogens is 470 g/mol. The maximum absolute atomic E-state index is 12.1. The molecule has 188 valence electrons. The number of imide groups is 1. The summed E-state index contributed by atoms with van der Waals surface area (Å²) in [4.78, 5) is 26.4. The standard InChI is InChI=1S/C24H37N3O5SSi/c1-24(2,3)34(6,7)32-11-9-25-17-8-10-27(15-17)18-14-20(31-5)19(30-4)12-16(18)13-21-22(28)26-23(29)33-21/h12-14,17,25H,8-11,15H2,1-7H3,(H,26,28,29). The number of hydrogen-bond acceptors (Lipinski definition) is 8. The third-order valence-corrected chi connectivity index (χ3v) is 12.1. The van der Waals surface area contributed by atoms with E-state index in [1.165, 1.54) is 0 Å². The number of carbonyl (C=O) groups is 2. The Kier molecular flexibility index (Phi) is 8.38. The Morgan fingerprint density at radius 2 is 1.88 bits per heavy atom. The van der Waals surface area contributed by atoms with Gasteiger partial charge in [-0.1, -0.05) is 20.8 Å². The third kappa shape index (κ3) is 6.15. The maximum atomic E-state index is 12.1. The Bertz CT molecular complexity index is 961. The normalized spacial score (nSPS) is 20.3. The highest BCUT2D eigenvalue weighted by Crippen LogP contribution is 2.39. The van der Waals surface area contributed by atoms with Gasteiger partial charge in [0.1, 0.15) is 0 Å². The van der Waals surface area contributed by atoms with Crippen molar-refractivity contribution in [2.24, 2.45) is 0 Å². The van der Waals surface area contributed by atoms with Gasteiger partial charge in [0.05, 0.1) is 19.1 Å². The molecule has 1 aromatic rings. The van der Waals surface area contributed by atoms with Crippen LogP contribution in [0, 0.1) is 0 Å². The third-order valence-electron chi connectivity index (χ3n) is 6.79. The molecule has 1 aromatic carbocycles. The Hall–Kier alpha value is -2.01. The van der Waals surface area contributed by atoms with Crippen molar-refractivity contribution >= 4 is 43.0 Å². The molecule has 10 heteroatoms. The molecule has 0 spiro atoms. The largest absolute Gasteiger partial charge is 0.493 e. The van der Waals surface area contributed by atoms with Crippen molar-refractivity contribution in [2.45, 2.75) is 51.4 Å². The van der Waals surface area contributed by atoms with Crippen LogP contribution in [0.5, 0.6) is 11.5 Å². The van der Waals surface area contributed by atoms with Crippen LogP contribution in [0.2, 0.25) is 18.1 Å². The molecule has 0 saturated carbocycles. The van der Waals surface area contributed by atoms with Crippen LogP contribution >= 0.6 is 11.8 Å². The van der Waals surface area contributed by atoms with Crippen LogP contribution in [0.25, 0.3) is 6.08 Å². The maximum Gasteiger partial charge on any atom is 0.290 e. The summed E-state index contributed by atoms with van der Waals surface area (Å²) < 4.78 is 17.3. The van der Waals surface area contributed by atoms with E-state index in [1.54, 1.807) is 20.3 Å². The molecule has 1 unspecified atom stereocenters. The lowest BCUT2D eigenvalue weighted by Gasteiger charge is -2.36. The first-order valence-corrected chi connectivity index (χ1v) is 15.3. The molecule has 2 amide bonds. The summed E-state index contributed by atoms with van der Waals surface area (Å²) in [6.07, 6.45) is 2.74. The first-order valence-electron chi connectivity index (χ1n) is 11.6. The van der Waals surface area contributed by atoms with E-state index < -0.39 is 8.32 Å². The van der Waals surface area contributed by atoms with Gasteiger partial charge in [-0.25, -0.2) is 0 Å². The van der Waals surface area contributed by atoms with E-state index in [1.807, 2.05) is 12.1 Å². The first kappa shape index (κ1) is 26.6. The van der Waals surface area contributed by atoms with Gasteiger partial charge in [-0.05, 0) is 48.5 Å². The monoisotopic (exact) mass is 507 g/mol. The number of carbonyl (C=O) groups excluding carboxylic acids is 2. The van der Waals surface area contributed by atoms with E-state index in [2.05, 4.69) is 49.4 Å². The predicted molar refractivity (Wildman–Crippen MR) is 140 cm³/mol. The minimum atomic E-state index is -1.74. The van der Waals surface area contributed by atoms with Crippen molar-refractivity contribution in [3.05, 3.63) is 22.6 Å². The number of benzene rings is 1. The van der Waals surface area contributed by atoms with Gasteiger partial charge in [-0.2, -0.15) is 0 Å². The quantitative estimate of drug-likeness (QED) is 0.292. The number of anilines is 1. The zero-order chi connectivity index (χ0) is 25.1. The molecule has 1 atom stereocenters. The molecule has 0 bridgehead atoms. The Morgan fingerprint density at radius 1 is 1.21 bits per heavy atom. The minimum absolute atomic E-state index is 0.203. The van der Waals surface area contributed by atoms with Crippen molar-refractivity contribution in [1.29, 1.82) is 0 Å². The summed E-state index contributed by atoms with van der Waals surface area (Å²) in [5.74, 6) is 0.821. The van der Waals surface area contributed by atoms with Crippen molar-refractivity contribution in [2.75, 3.05) is 45.4 Å². The molecule has 2 aliphatic rings. The Labute approximate surface area is 207 Å². The summed E-state index contributed by atoms with van der Waals surface area (Å²) >= 11 is 0.909. The van der Waals surface area contributed by atoms with Crippen molar-refractivity contribution in [3.63, 3.8) is 0 Å². The van der Waals surface area contributed by atoms with Crippen LogP contribution < -0.4 is 25.0 Å². The van der Waals surface area contributed by atoms with Gasteiger partial charge in [0.25, 0.3) is 11.1 Å². The topological polar surface area (TPSA) is 89.1 Å². The van der Waals surface area contributed by atoms with Crippen LogP contribution in [-0.2, 0) is 9.22 Å². The van der Waals surface area contributed by atoms with E-state index in [0.717, 1.165) is 49.1 Å². The molecule has 3 rings (SSSR count). The number of nitrogens with zero attached hydrogens (tertiary/aromatic N) is 1. The highest BCUT2D eigenvalue weighted by atomic mass is 32.2. The number of hydrogen-bond donors (Lipinski definition) is 2. The van der Waals surface area contributed by atoms with Crippen LogP contribution in [-0.4, -0.2) is 66.0 Å². The molecule has 0 aliphatic carbocycles. The summed E-state index contributed by atoms with van der Waals surface area (Å²) in [6.45, 7) is 14.5. The second kappa shape index (κ2) is 10.7. The van der Waals surface area contributed by atoms with Gasteiger partial charge in [0, 0.05) is 49.6 Å². The van der Waals surface area contributed by atoms with Crippen molar-refractivity contribution in [1.82, 2.24) is 10.6 Å². The van der Waals surface area contributed by atoms with E-state index in [-0.39, 0.29) is 16.2 Å². The van der Waals surface area contributed by atoms with E-state index in [9.17, 15) is 9.59 Å². The van der Waals surface area contributed by atoms with Gasteiger partial charge in [0.15, 0.2) is 19.8 Å². The zero-order valence-corrected chi connectivity index (χ0v) is 23.1. The van der Waals surface area contributed by atoms with Gasteiger partial charge >= 0.3 is 0 Å². The van der Waals surface area contributed by atoms with Crippen LogP contribution in [0.1, 0.15) is 32.8 Å². The van der Waals surface area contributed by atoms with E-state index >= 15 is 0 Å². The fourth-order valence-corrected chi connectivity index (χ4v) is 5.49. The van der Waals surface area contributed by atoms with Gasteiger partial charge < -0.3 is 24.1 Å². The fourth-order valence-electron chi connectivity index (χ4n) is 3.77. The molecule has 2 saturated heterocycles. The minimum Gasteiger partial charge on any atom is -0.493 e. The number of amides is 2. The molecule has 34 heavy (non-hydrogen) atoms. The SMILES string of the molecule is COc1cc(C=C2SC(=O)NC2=O)c(N2CCC(NCCO[Si](C)(C)C(C)(C)C)C2)cc1OC. The molecular formula is C24H37N3O5SSi. The fraction of sp³-hybridized carbons (Fsp3) is 0.583. The first-order chi connectivity index (χ1) is 15.9. The average molecular weight is 508 g/mol. The Morgan fingerprint density at radius 3 is 2.47 bits per heavy atom.